The summed E-state index contributed by atoms with van der Waals surface area (Å²) in [5.74, 6) is 1.99. The Morgan fingerprint density at radius 2 is 1.97 bits per heavy atom. The molecule has 0 aliphatic heterocycles. The first-order chi connectivity index (χ1) is 15.8. The summed E-state index contributed by atoms with van der Waals surface area (Å²) in [6, 6.07) is 9.48. The minimum absolute atomic E-state index is 0.196. The van der Waals surface area contributed by atoms with Crippen LogP contribution in [0.1, 0.15) is 31.6 Å². The Hall–Kier alpha value is -3.49. The van der Waals surface area contributed by atoms with Crippen molar-refractivity contribution in [2.75, 3.05) is 0 Å². The van der Waals surface area contributed by atoms with Gasteiger partial charge in [-0.3, -0.25) is 9.67 Å². The Kier molecular flexibility index (Phi) is 4.43. The van der Waals surface area contributed by atoms with E-state index in [1.165, 1.54) is 0 Å². The topological polar surface area (TPSA) is 102 Å². The molecule has 8 nitrogen and oxygen atoms in total. The second-order valence-electron chi connectivity index (χ2n) is 8.87. The van der Waals surface area contributed by atoms with Crippen molar-refractivity contribution >= 4 is 33.7 Å². The second kappa shape index (κ2) is 7.26. The van der Waals surface area contributed by atoms with Crippen LogP contribution in [0.4, 0.5) is 0 Å². The summed E-state index contributed by atoms with van der Waals surface area (Å²) in [6.07, 6.45) is 6.79. The molecule has 1 saturated carbocycles. The van der Waals surface area contributed by atoms with Crippen LogP contribution >= 0.6 is 11.6 Å². The van der Waals surface area contributed by atoms with Gasteiger partial charge in [-0.25, -0.2) is 9.97 Å². The van der Waals surface area contributed by atoms with Crippen molar-refractivity contribution in [3.8, 4) is 22.8 Å². The molecule has 2 aromatic carbocycles. The number of benzene rings is 2. The lowest BCUT2D eigenvalue weighted by Crippen LogP contribution is -2.42. The fourth-order valence-electron chi connectivity index (χ4n) is 4.36. The van der Waals surface area contributed by atoms with Gasteiger partial charge < -0.3 is 14.8 Å². The average Bonchev–Trinajstić information content (AvgIpc) is 3.39. The van der Waals surface area contributed by atoms with E-state index in [0.29, 0.717) is 46.1 Å². The molecule has 1 aliphatic rings. The molecule has 166 valence electrons. The van der Waals surface area contributed by atoms with Crippen molar-refractivity contribution in [3.05, 3.63) is 59.8 Å². The summed E-state index contributed by atoms with van der Waals surface area (Å²) in [7, 11) is 0. The summed E-state index contributed by atoms with van der Waals surface area (Å²) >= 11 is 6.70. The zero-order valence-corrected chi connectivity index (χ0v) is 18.8. The van der Waals surface area contributed by atoms with Crippen LogP contribution < -0.4 is 4.74 Å². The van der Waals surface area contributed by atoms with Crippen molar-refractivity contribution in [1.29, 1.82) is 0 Å². The SMILES string of the molecule is Cc1nc2ccc(Oc3ccc4ncc(-c5cnn(C6CC(C)(O)C6)c5)nc4c3Cl)cc2[nH]1. The molecule has 0 atom stereocenters. The Morgan fingerprint density at radius 1 is 1.15 bits per heavy atom. The van der Waals surface area contributed by atoms with E-state index in [4.69, 9.17) is 21.3 Å². The number of hydrogen-bond acceptors (Lipinski definition) is 6. The highest BCUT2D eigenvalue weighted by atomic mass is 35.5. The summed E-state index contributed by atoms with van der Waals surface area (Å²) in [5, 5.41) is 14.9. The molecular weight excluding hydrogens is 440 g/mol. The molecule has 33 heavy (non-hydrogen) atoms. The normalized spacial score (nSPS) is 20.3. The third-order valence-corrected chi connectivity index (χ3v) is 6.40. The van der Waals surface area contributed by atoms with Crippen LogP contribution in [-0.4, -0.2) is 40.4 Å². The van der Waals surface area contributed by atoms with E-state index < -0.39 is 5.60 Å². The molecule has 0 spiro atoms. The van der Waals surface area contributed by atoms with Crippen LogP contribution in [0.5, 0.6) is 11.5 Å². The fraction of sp³-hybridized carbons (Fsp3) is 0.250. The van der Waals surface area contributed by atoms with E-state index >= 15 is 0 Å². The van der Waals surface area contributed by atoms with Crippen LogP contribution in [0, 0.1) is 6.92 Å². The number of aliphatic hydroxyl groups is 1. The summed E-state index contributed by atoms with van der Waals surface area (Å²) in [4.78, 5) is 16.9. The molecule has 5 aromatic rings. The predicted molar refractivity (Wildman–Crippen MR) is 126 cm³/mol. The van der Waals surface area contributed by atoms with Gasteiger partial charge in [0.05, 0.1) is 46.3 Å². The Labute approximate surface area is 194 Å². The van der Waals surface area contributed by atoms with E-state index in [1.54, 1.807) is 18.5 Å². The number of imidazole rings is 1. The maximum Gasteiger partial charge on any atom is 0.148 e. The lowest BCUT2D eigenvalue weighted by Gasteiger charge is -2.40. The molecule has 3 aromatic heterocycles. The smallest absolute Gasteiger partial charge is 0.148 e. The van der Waals surface area contributed by atoms with Crippen LogP contribution in [0.15, 0.2) is 48.9 Å². The first kappa shape index (κ1) is 20.1. The fourth-order valence-corrected chi connectivity index (χ4v) is 4.60. The number of rotatable bonds is 4. The van der Waals surface area contributed by atoms with Crippen LogP contribution in [0.2, 0.25) is 5.02 Å². The van der Waals surface area contributed by atoms with Crippen molar-refractivity contribution in [2.24, 2.45) is 0 Å². The first-order valence-electron chi connectivity index (χ1n) is 10.7. The minimum atomic E-state index is -0.607. The van der Waals surface area contributed by atoms with E-state index in [-0.39, 0.29) is 6.04 Å². The number of aromatic nitrogens is 6. The molecule has 6 rings (SSSR count). The van der Waals surface area contributed by atoms with E-state index in [1.807, 2.05) is 49.0 Å². The van der Waals surface area contributed by atoms with Crippen molar-refractivity contribution in [1.82, 2.24) is 29.7 Å². The predicted octanol–water partition coefficient (Wildman–Crippen LogP) is 5.21. The summed E-state index contributed by atoms with van der Waals surface area (Å²) < 4.78 is 7.95. The maximum atomic E-state index is 10.0. The number of aromatic amines is 1. The quantitative estimate of drug-likeness (QED) is 0.381. The lowest BCUT2D eigenvalue weighted by molar-refractivity contribution is -0.0543. The third-order valence-electron chi connectivity index (χ3n) is 6.04. The van der Waals surface area contributed by atoms with Gasteiger partial charge in [-0.15, -0.1) is 0 Å². The van der Waals surface area contributed by atoms with Gasteiger partial charge in [-0.2, -0.15) is 5.10 Å². The van der Waals surface area contributed by atoms with Gasteiger partial charge in [0.1, 0.15) is 27.9 Å². The summed E-state index contributed by atoms with van der Waals surface area (Å²) in [6.45, 7) is 3.76. The minimum Gasteiger partial charge on any atom is -0.456 e. The molecule has 0 unspecified atom stereocenters. The number of nitrogens with one attached hydrogen (secondary N) is 1. The monoisotopic (exact) mass is 460 g/mol. The highest BCUT2D eigenvalue weighted by Gasteiger charge is 2.39. The zero-order chi connectivity index (χ0) is 22.7. The molecule has 3 heterocycles. The summed E-state index contributed by atoms with van der Waals surface area (Å²) in [5.41, 5.74) is 3.93. The van der Waals surface area contributed by atoms with Crippen molar-refractivity contribution in [3.63, 3.8) is 0 Å². The molecule has 1 aliphatic carbocycles. The van der Waals surface area contributed by atoms with Gasteiger partial charge in [-0.05, 0) is 51.0 Å². The third kappa shape index (κ3) is 3.61. The second-order valence-corrected chi connectivity index (χ2v) is 9.25. The molecule has 0 amide bonds. The standard InChI is InChI=1S/C24H21ClN6O2/c1-13-28-17-4-3-16(7-19(17)29-13)33-21-6-5-18-23(22(21)25)30-20(11-26-18)14-10-27-31(12-14)15-8-24(2,32)9-15/h3-7,10-12,15,32H,8-9H2,1-2H3,(H,28,29). The molecular formula is C24H21ClN6O2. The maximum absolute atomic E-state index is 10.0. The average molecular weight is 461 g/mol. The number of hydrogen-bond donors (Lipinski definition) is 2. The number of nitrogens with zero attached hydrogens (tertiary/aromatic N) is 5. The van der Waals surface area contributed by atoms with E-state index in [0.717, 1.165) is 22.4 Å². The first-order valence-corrected chi connectivity index (χ1v) is 11.1. The van der Waals surface area contributed by atoms with Crippen molar-refractivity contribution < 1.29 is 9.84 Å². The zero-order valence-electron chi connectivity index (χ0n) is 18.1. The molecule has 1 fully saturated rings. The molecule has 0 saturated heterocycles. The number of halogens is 1. The van der Waals surface area contributed by atoms with Gasteiger partial charge >= 0.3 is 0 Å². The van der Waals surface area contributed by atoms with Gasteiger partial charge in [0, 0.05) is 17.8 Å². The number of ether oxygens (including phenoxy) is 1. The number of fused-ring (bicyclic) bond motifs is 2. The van der Waals surface area contributed by atoms with Crippen molar-refractivity contribution in [2.45, 2.75) is 38.3 Å². The van der Waals surface area contributed by atoms with E-state index in [2.05, 4.69) is 20.1 Å². The van der Waals surface area contributed by atoms with Gasteiger partial charge in [0.25, 0.3) is 0 Å². The highest BCUT2D eigenvalue weighted by Crippen LogP contribution is 2.41. The number of H-pyrrole nitrogens is 1. The van der Waals surface area contributed by atoms with E-state index in [9.17, 15) is 5.11 Å². The van der Waals surface area contributed by atoms with Crippen LogP contribution in [-0.2, 0) is 0 Å². The largest absolute Gasteiger partial charge is 0.456 e. The van der Waals surface area contributed by atoms with Gasteiger partial charge in [0.2, 0.25) is 0 Å². The van der Waals surface area contributed by atoms with Gasteiger partial charge in [-0.1, -0.05) is 11.6 Å². The molecule has 2 N–H and O–H groups in total. The molecule has 0 radical (unpaired) electrons. The lowest BCUT2D eigenvalue weighted by atomic mass is 9.77. The van der Waals surface area contributed by atoms with Crippen LogP contribution in [0.25, 0.3) is 33.3 Å². The highest BCUT2D eigenvalue weighted by molar-refractivity contribution is 6.36. The Balaban J connectivity index is 1.31. The Bertz CT molecular complexity index is 1510. The molecule has 9 heteroatoms. The Morgan fingerprint density at radius 3 is 2.79 bits per heavy atom. The van der Waals surface area contributed by atoms with Gasteiger partial charge in [0.15, 0.2) is 0 Å². The van der Waals surface area contributed by atoms with Crippen LogP contribution in [0.3, 0.4) is 0 Å². The molecule has 0 bridgehead atoms. The number of aryl methyl sites for hydroxylation is 1.